The maximum atomic E-state index is 14.5. The zero-order chi connectivity index (χ0) is 19.2. The summed E-state index contributed by atoms with van der Waals surface area (Å²) in [5, 5.41) is 0. The van der Waals surface area contributed by atoms with Crippen LogP contribution < -0.4 is 4.74 Å². The van der Waals surface area contributed by atoms with Crippen molar-refractivity contribution in [3.63, 3.8) is 0 Å². The SMILES string of the molecule is CCCOC1CCC(C2CCC(c3ccc(OCC)c(F)c3F)CC2)CC1. The van der Waals surface area contributed by atoms with Crippen molar-refractivity contribution in [3.05, 3.63) is 29.3 Å². The molecule has 1 aromatic rings. The van der Waals surface area contributed by atoms with Gasteiger partial charge in [0.25, 0.3) is 0 Å². The van der Waals surface area contributed by atoms with E-state index in [0.29, 0.717) is 18.3 Å². The summed E-state index contributed by atoms with van der Waals surface area (Å²) in [7, 11) is 0. The average molecular weight is 381 g/mol. The van der Waals surface area contributed by atoms with Crippen LogP contribution in [-0.2, 0) is 4.74 Å². The highest BCUT2D eigenvalue weighted by Crippen LogP contribution is 2.44. The molecule has 0 bridgehead atoms. The van der Waals surface area contributed by atoms with E-state index < -0.39 is 11.6 Å². The van der Waals surface area contributed by atoms with Gasteiger partial charge in [-0.25, -0.2) is 4.39 Å². The first-order valence-electron chi connectivity index (χ1n) is 10.9. The number of ether oxygens (including phenoxy) is 2. The molecule has 0 unspecified atom stereocenters. The van der Waals surface area contributed by atoms with E-state index in [-0.39, 0.29) is 11.7 Å². The van der Waals surface area contributed by atoms with E-state index in [0.717, 1.165) is 50.5 Å². The largest absolute Gasteiger partial charge is 0.491 e. The Balaban J connectivity index is 1.52. The molecule has 0 amide bonds. The van der Waals surface area contributed by atoms with Crippen molar-refractivity contribution < 1.29 is 18.3 Å². The fourth-order valence-electron chi connectivity index (χ4n) is 5.04. The molecule has 2 aliphatic rings. The molecule has 0 radical (unpaired) electrons. The van der Waals surface area contributed by atoms with E-state index in [1.807, 2.05) is 0 Å². The van der Waals surface area contributed by atoms with Crippen LogP contribution in [0.15, 0.2) is 12.1 Å². The standard InChI is InChI=1S/C23H34F2O2/c1-3-15-27-19-11-9-17(10-12-19)16-5-7-18(8-6-16)20-13-14-21(26-4-2)23(25)22(20)24/h13-14,16-19H,3-12,15H2,1-2H3. The minimum absolute atomic E-state index is 0.0227. The third-order valence-corrected chi connectivity index (χ3v) is 6.53. The van der Waals surface area contributed by atoms with Gasteiger partial charge in [-0.2, -0.15) is 4.39 Å². The number of rotatable bonds is 7. The van der Waals surface area contributed by atoms with Gasteiger partial charge in [-0.3, -0.25) is 0 Å². The third kappa shape index (κ3) is 5.01. The average Bonchev–Trinajstić information content (AvgIpc) is 2.71. The predicted octanol–water partition coefficient (Wildman–Crippen LogP) is 6.62. The van der Waals surface area contributed by atoms with Crippen molar-refractivity contribution in [3.8, 4) is 5.75 Å². The van der Waals surface area contributed by atoms with Gasteiger partial charge in [0, 0.05) is 6.61 Å². The summed E-state index contributed by atoms with van der Waals surface area (Å²) in [5.74, 6) is 0.142. The lowest BCUT2D eigenvalue weighted by Gasteiger charge is -2.38. The summed E-state index contributed by atoms with van der Waals surface area (Å²) < 4.78 is 39.8. The quantitative estimate of drug-likeness (QED) is 0.529. The Hall–Kier alpha value is -1.16. The Kier molecular flexibility index (Phi) is 7.51. The number of hydrogen-bond donors (Lipinski definition) is 0. The summed E-state index contributed by atoms with van der Waals surface area (Å²) in [5.41, 5.74) is 0.533. The molecule has 27 heavy (non-hydrogen) atoms. The van der Waals surface area contributed by atoms with Crippen LogP contribution in [0.1, 0.15) is 83.1 Å². The number of hydrogen-bond acceptors (Lipinski definition) is 2. The first-order valence-corrected chi connectivity index (χ1v) is 10.9. The molecule has 1 aromatic carbocycles. The minimum atomic E-state index is -0.832. The molecule has 0 spiro atoms. The number of halogens is 2. The Labute approximate surface area is 162 Å². The Morgan fingerprint density at radius 3 is 2.07 bits per heavy atom. The zero-order valence-electron chi connectivity index (χ0n) is 16.8. The van der Waals surface area contributed by atoms with Gasteiger partial charge in [0.1, 0.15) is 0 Å². The molecule has 4 heteroatoms. The monoisotopic (exact) mass is 380 g/mol. The van der Waals surface area contributed by atoms with Gasteiger partial charge in [0.05, 0.1) is 12.7 Å². The molecule has 2 aliphatic carbocycles. The van der Waals surface area contributed by atoms with Gasteiger partial charge in [0.2, 0.25) is 5.82 Å². The lowest BCUT2D eigenvalue weighted by atomic mass is 9.69. The maximum Gasteiger partial charge on any atom is 0.200 e. The predicted molar refractivity (Wildman–Crippen MR) is 104 cm³/mol. The van der Waals surface area contributed by atoms with Gasteiger partial charge in [-0.15, -0.1) is 0 Å². The van der Waals surface area contributed by atoms with Gasteiger partial charge < -0.3 is 9.47 Å². The van der Waals surface area contributed by atoms with Crippen molar-refractivity contribution in [1.82, 2.24) is 0 Å². The van der Waals surface area contributed by atoms with Crippen molar-refractivity contribution in [1.29, 1.82) is 0 Å². The molecule has 152 valence electrons. The van der Waals surface area contributed by atoms with Crippen LogP contribution in [0.3, 0.4) is 0 Å². The van der Waals surface area contributed by atoms with Gasteiger partial charge in [0.15, 0.2) is 11.6 Å². The molecule has 3 rings (SSSR count). The van der Waals surface area contributed by atoms with Crippen LogP contribution in [0.2, 0.25) is 0 Å². The van der Waals surface area contributed by atoms with Gasteiger partial charge in [-0.1, -0.05) is 13.0 Å². The lowest BCUT2D eigenvalue weighted by Crippen LogP contribution is -2.28. The Bertz CT molecular complexity index is 588. The molecule has 0 N–H and O–H groups in total. The van der Waals surface area contributed by atoms with E-state index in [4.69, 9.17) is 9.47 Å². The molecule has 2 saturated carbocycles. The van der Waals surface area contributed by atoms with Crippen molar-refractivity contribution >= 4 is 0 Å². The molecular weight excluding hydrogens is 346 g/mol. The topological polar surface area (TPSA) is 18.5 Å². The second-order valence-electron chi connectivity index (χ2n) is 8.23. The third-order valence-electron chi connectivity index (χ3n) is 6.53. The second-order valence-corrected chi connectivity index (χ2v) is 8.23. The molecule has 0 aromatic heterocycles. The summed E-state index contributed by atoms with van der Waals surface area (Å²) in [4.78, 5) is 0. The Morgan fingerprint density at radius 1 is 0.852 bits per heavy atom. The van der Waals surface area contributed by atoms with E-state index in [1.54, 1.807) is 19.1 Å². The molecule has 0 heterocycles. The lowest BCUT2D eigenvalue weighted by molar-refractivity contribution is 0.00824. The summed E-state index contributed by atoms with van der Waals surface area (Å²) in [6.07, 6.45) is 10.6. The van der Waals surface area contributed by atoms with Crippen LogP contribution in [0.4, 0.5) is 8.78 Å². The van der Waals surface area contributed by atoms with E-state index >= 15 is 0 Å². The summed E-state index contributed by atoms with van der Waals surface area (Å²) >= 11 is 0. The van der Waals surface area contributed by atoms with Crippen LogP contribution in [-0.4, -0.2) is 19.3 Å². The van der Waals surface area contributed by atoms with E-state index in [2.05, 4.69) is 6.92 Å². The van der Waals surface area contributed by atoms with Crippen molar-refractivity contribution in [2.24, 2.45) is 11.8 Å². The highest BCUT2D eigenvalue weighted by Gasteiger charge is 2.32. The van der Waals surface area contributed by atoms with E-state index in [1.165, 1.54) is 25.7 Å². The fourth-order valence-corrected chi connectivity index (χ4v) is 5.04. The fraction of sp³-hybridized carbons (Fsp3) is 0.739. The molecule has 0 saturated heterocycles. The van der Waals surface area contributed by atoms with Crippen LogP contribution in [0, 0.1) is 23.5 Å². The summed E-state index contributed by atoms with van der Waals surface area (Å²) in [6.45, 7) is 5.15. The first-order chi connectivity index (χ1) is 13.1. The van der Waals surface area contributed by atoms with Crippen molar-refractivity contribution in [2.75, 3.05) is 13.2 Å². The highest BCUT2D eigenvalue weighted by atomic mass is 19.2. The van der Waals surface area contributed by atoms with Crippen LogP contribution in [0.25, 0.3) is 0 Å². The summed E-state index contributed by atoms with van der Waals surface area (Å²) in [6, 6.07) is 3.31. The van der Waals surface area contributed by atoms with E-state index in [9.17, 15) is 8.78 Å². The minimum Gasteiger partial charge on any atom is -0.491 e. The van der Waals surface area contributed by atoms with Crippen LogP contribution in [0.5, 0.6) is 5.75 Å². The Morgan fingerprint density at radius 2 is 1.48 bits per heavy atom. The van der Waals surface area contributed by atoms with Gasteiger partial charge in [-0.05, 0) is 94.1 Å². The normalized spacial score (nSPS) is 28.9. The molecule has 2 nitrogen and oxygen atoms in total. The highest BCUT2D eigenvalue weighted by molar-refractivity contribution is 5.33. The van der Waals surface area contributed by atoms with Crippen molar-refractivity contribution in [2.45, 2.75) is 83.7 Å². The molecule has 0 aliphatic heterocycles. The number of benzene rings is 1. The molecule has 2 fully saturated rings. The smallest absolute Gasteiger partial charge is 0.200 e. The molecular formula is C23H34F2O2. The zero-order valence-corrected chi connectivity index (χ0v) is 16.8. The molecule has 0 atom stereocenters. The first kappa shape index (κ1) is 20.6. The maximum absolute atomic E-state index is 14.5. The second kappa shape index (κ2) is 9.86. The van der Waals surface area contributed by atoms with Gasteiger partial charge >= 0.3 is 0 Å². The van der Waals surface area contributed by atoms with Crippen LogP contribution >= 0.6 is 0 Å².